The lowest BCUT2D eigenvalue weighted by Crippen LogP contribution is -2.30. The molecule has 0 spiro atoms. The van der Waals surface area contributed by atoms with Crippen LogP contribution in [0.5, 0.6) is 11.5 Å². The first kappa shape index (κ1) is 17.9. The number of hydrogen-bond donors (Lipinski definition) is 1. The molecule has 0 aliphatic rings. The molecule has 0 saturated carbocycles. The topological polar surface area (TPSA) is 90.6 Å². The number of carbonyl (C=O) groups excluding carboxylic acids is 1. The molecular formula is C19H17N5O3S. The molecule has 2 heterocycles. The highest BCUT2D eigenvalue weighted by Gasteiger charge is 2.19. The van der Waals surface area contributed by atoms with Gasteiger partial charge in [-0.15, -0.1) is 15.3 Å². The van der Waals surface area contributed by atoms with Gasteiger partial charge >= 0.3 is 0 Å². The molecule has 2 aromatic heterocycles. The summed E-state index contributed by atoms with van der Waals surface area (Å²) < 4.78 is 12.4. The van der Waals surface area contributed by atoms with Gasteiger partial charge in [-0.1, -0.05) is 29.5 Å². The standard InChI is InChI=1S/C19H17N5O3S/c1-12(27-15-6-4-3-5-7-15)17(25)20-18-23-24-16(21-22-19(24)28-18)13-8-10-14(26-2)11-9-13/h3-12H,1-2H3,(H,20,23,25). The lowest BCUT2D eigenvalue weighted by atomic mass is 10.2. The van der Waals surface area contributed by atoms with E-state index in [0.717, 1.165) is 11.3 Å². The fourth-order valence-corrected chi connectivity index (χ4v) is 3.29. The third-order valence-corrected chi connectivity index (χ3v) is 4.81. The van der Waals surface area contributed by atoms with Crippen molar-refractivity contribution in [3.8, 4) is 22.9 Å². The van der Waals surface area contributed by atoms with Crippen molar-refractivity contribution >= 4 is 27.3 Å². The zero-order valence-electron chi connectivity index (χ0n) is 15.2. The van der Waals surface area contributed by atoms with Gasteiger partial charge in [-0.05, 0) is 43.3 Å². The average Bonchev–Trinajstić information content (AvgIpc) is 3.29. The highest BCUT2D eigenvalue weighted by atomic mass is 32.1. The van der Waals surface area contributed by atoms with E-state index in [9.17, 15) is 4.79 Å². The third-order valence-electron chi connectivity index (χ3n) is 3.99. The summed E-state index contributed by atoms with van der Waals surface area (Å²) in [6.45, 7) is 1.69. The zero-order chi connectivity index (χ0) is 19.5. The molecule has 1 amide bonds. The number of nitrogens with zero attached hydrogens (tertiary/aromatic N) is 4. The molecule has 0 saturated heterocycles. The minimum atomic E-state index is -0.669. The molecule has 28 heavy (non-hydrogen) atoms. The Bertz CT molecular complexity index is 1090. The Morgan fingerprint density at radius 1 is 1.07 bits per heavy atom. The molecule has 0 aliphatic heterocycles. The first-order valence-electron chi connectivity index (χ1n) is 8.53. The monoisotopic (exact) mass is 395 g/mol. The Hall–Kier alpha value is -3.46. The number of benzene rings is 2. The Kier molecular flexibility index (Phi) is 4.90. The number of hydrogen-bond acceptors (Lipinski definition) is 7. The Labute approximate surface area is 164 Å². The highest BCUT2D eigenvalue weighted by molar-refractivity contribution is 7.20. The molecule has 4 rings (SSSR count). The van der Waals surface area contributed by atoms with Crippen LogP contribution in [-0.4, -0.2) is 38.9 Å². The van der Waals surface area contributed by atoms with Crippen LogP contribution in [0.15, 0.2) is 54.6 Å². The molecule has 142 valence electrons. The van der Waals surface area contributed by atoms with Crippen LogP contribution in [0.25, 0.3) is 16.3 Å². The molecule has 2 aromatic carbocycles. The van der Waals surface area contributed by atoms with Crippen LogP contribution in [0.2, 0.25) is 0 Å². The molecule has 0 aliphatic carbocycles. The van der Waals surface area contributed by atoms with Gasteiger partial charge in [0, 0.05) is 5.56 Å². The van der Waals surface area contributed by atoms with Crippen molar-refractivity contribution < 1.29 is 14.3 Å². The summed E-state index contributed by atoms with van der Waals surface area (Å²) in [5.74, 6) is 1.68. The van der Waals surface area contributed by atoms with E-state index in [-0.39, 0.29) is 5.91 Å². The number of ether oxygens (including phenoxy) is 2. The zero-order valence-corrected chi connectivity index (χ0v) is 16.0. The largest absolute Gasteiger partial charge is 0.497 e. The van der Waals surface area contributed by atoms with Crippen LogP contribution < -0.4 is 14.8 Å². The Balaban J connectivity index is 1.50. The average molecular weight is 395 g/mol. The van der Waals surface area contributed by atoms with Crippen molar-refractivity contribution in [3.05, 3.63) is 54.6 Å². The Morgan fingerprint density at radius 2 is 1.82 bits per heavy atom. The predicted molar refractivity (Wildman–Crippen MR) is 106 cm³/mol. The summed E-state index contributed by atoms with van der Waals surface area (Å²) in [5, 5.41) is 15.9. The summed E-state index contributed by atoms with van der Waals surface area (Å²) in [6, 6.07) is 16.6. The van der Waals surface area contributed by atoms with Crippen molar-refractivity contribution in [1.29, 1.82) is 0 Å². The third kappa shape index (κ3) is 3.65. The number of para-hydroxylation sites is 1. The fourth-order valence-electron chi connectivity index (χ4n) is 2.55. The Morgan fingerprint density at radius 3 is 2.54 bits per heavy atom. The van der Waals surface area contributed by atoms with Crippen LogP contribution in [0.4, 0.5) is 5.13 Å². The number of rotatable bonds is 6. The van der Waals surface area contributed by atoms with E-state index in [0.29, 0.717) is 21.7 Å². The van der Waals surface area contributed by atoms with Crippen LogP contribution in [0.1, 0.15) is 6.92 Å². The van der Waals surface area contributed by atoms with Crippen molar-refractivity contribution in [2.75, 3.05) is 12.4 Å². The van der Waals surface area contributed by atoms with Crippen LogP contribution in [-0.2, 0) is 4.79 Å². The molecule has 0 bridgehead atoms. The summed E-state index contributed by atoms with van der Waals surface area (Å²) in [4.78, 5) is 13.0. The van der Waals surface area contributed by atoms with E-state index < -0.39 is 6.10 Å². The number of nitrogens with one attached hydrogen (secondary N) is 1. The summed E-state index contributed by atoms with van der Waals surface area (Å²) in [6.07, 6.45) is -0.669. The number of amides is 1. The summed E-state index contributed by atoms with van der Waals surface area (Å²) in [7, 11) is 1.61. The van der Waals surface area contributed by atoms with Gasteiger partial charge in [0.2, 0.25) is 10.1 Å². The maximum atomic E-state index is 12.4. The van der Waals surface area contributed by atoms with Crippen molar-refractivity contribution in [2.24, 2.45) is 0 Å². The van der Waals surface area contributed by atoms with E-state index in [4.69, 9.17) is 9.47 Å². The SMILES string of the molecule is COc1ccc(-c2nnc3sc(NC(=O)C(C)Oc4ccccc4)nn23)cc1. The second-order valence-corrected chi connectivity index (χ2v) is 6.87. The van der Waals surface area contributed by atoms with Gasteiger partial charge in [0.25, 0.3) is 5.91 Å². The smallest absolute Gasteiger partial charge is 0.266 e. The number of aromatic nitrogens is 4. The van der Waals surface area contributed by atoms with Gasteiger partial charge in [-0.2, -0.15) is 4.52 Å². The first-order chi connectivity index (χ1) is 13.6. The molecular weight excluding hydrogens is 378 g/mol. The van der Waals surface area contributed by atoms with Gasteiger partial charge in [-0.3, -0.25) is 10.1 Å². The van der Waals surface area contributed by atoms with E-state index in [1.165, 1.54) is 11.3 Å². The molecule has 8 nitrogen and oxygen atoms in total. The molecule has 4 aromatic rings. The molecule has 0 fully saturated rings. The molecule has 1 N–H and O–H groups in total. The van der Waals surface area contributed by atoms with Gasteiger partial charge < -0.3 is 9.47 Å². The van der Waals surface area contributed by atoms with Gasteiger partial charge in [-0.25, -0.2) is 0 Å². The van der Waals surface area contributed by atoms with Gasteiger partial charge in [0.05, 0.1) is 7.11 Å². The van der Waals surface area contributed by atoms with Crippen LogP contribution >= 0.6 is 11.3 Å². The van der Waals surface area contributed by atoms with Gasteiger partial charge in [0.15, 0.2) is 11.9 Å². The number of methoxy groups -OCH3 is 1. The summed E-state index contributed by atoms with van der Waals surface area (Å²) >= 11 is 1.24. The second kappa shape index (κ2) is 7.65. The maximum Gasteiger partial charge on any atom is 0.266 e. The highest BCUT2D eigenvalue weighted by Crippen LogP contribution is 2.25. The van der Waals surface area contributed by atoms with Crippen LogP contribution in [0, 0.1) is 0 Å². The van der Waals surface area contributed by atoms with Crippen molar-refractivity contribution in [2.45, 2.75) is 13.0 Å². The quantitative estimate of drug-likeness (QED) is 0.539. The lowest BCUT2D eigenvalue weighted by molar-refractivity contribution is -0.122. The maximum absolute atomic E-state index is 12.4. The number of anilines is 1. The number of fused-ring (bicyclic) bond motifs is 1. The van der Waals surface area contributed by atoms with Crippen molar-refractivity contribution in [1.82, 2.24) is 19.8 Å². The minimum absolute atomic E-state index is 0.292. The normalized spacial score (nSPS) is 11.9. The molecule has 1 unspecified atom stereocenters. The van der Waals surface area contributed by atoms with E-state index in [1.807, 2.05) is 42.5 Å². The summed E-state index contributed by atoms with van der Waals surface area (Å²) in [5.41, 5.74) is 0.845. The van der Waals surface area contributed by atoms with Crippen LogP contribution in [0.3, 0.4) is 0 Å². The van der Waals surface area contributed by atoms with E-state index >= 15 is 0 Å². The van der Waals surface area contributed by atoms with Gasteiger partial charge in [0.1, 0.15) is 11.5 Å². The molecule has 0 radical (unpaired) electrons. The number of carbonyl (C=O) groups is 1. The van der Waals surface area contributed by atoms with Crippen molar-refractivity contribution in [3.63, 3.8) is 0 Å². The fraction of sp³-hybridized carbons (Fsp3) is 0.158. The first-order valence-corrected chi connectivity index (χ1v) is 9.35. The lowest BCUT2D eigenvalue weighted by Gasteiger charge is -2.13. The second-order valence-electron chi connectivity index (χ2n) is 5.92. The van der Waals surface area contributed by atoms with E-state index in [2.05, 4.69) is 20.6 Å². The van der Waals surface area contributed by atoms with E-state index in [1.54, 1.807) is 30.7 Å². The predicted octanol–water partition coefficient (Wildman–Crippen LogP) is 3.27. The molecule has 1 atom stereocenters. The minimum Gasteiger partial charge on any atom is -0.497 e. The molecule has 9 heteroatoms.